The van der Waals surface area contributed by atoms with Gasteiger partial charge < -0.3 is 53.8 Å². The van der Waals surface area contributed by atoms with Gasteiger partial charge in [0, 0.05) is 39.9 Å². The highest BCUT2D eigenvalue weighted by Gasteiger charge is 2.50. The van der Waals surface area contributed by atoms with E-state index in [9.17, 15) is 29.4 Å². The molecule has 6 atom stereocenters. The smallest absolute Gasteiger partial charge is 0.303 e. The van der Waals surface area contributed by atoms with Crippen molar-refractivity contribution >= 4 is 23.8 Å². The van der Waals surface area contributed by atoms with Crippen molar-refractivity contribution in [1.82, 2.24) is 0 Å². The molecule has 328 valence electrons. The molecule has 4 N–H and O–H groups in total. The highest BCUT2D eigenvalue weighted by atomic mass is 16.7. The van der Waals surface area contributed by atoms with E-state index >= 15 is 0 Å². The number of esters is 2. The molecule has 60 heavy (non-hydrogen) atoms. The van der Waals surface area contributed by atoms with Gasteiger partial charge in [-0.2, -0.15) is 0 Å². The van der Waals surface area contributed by atoms with Crippen molar-refractivity contribution in [3.05, 3.63) is 95.6 Å². The summed E-state index contributed by atoms with van der Waals surface area (Å²) < 4.78 is 46.5. The lowest BCUT2D eigenvalue weighted by molar-refractivity contribution is -0.287. The topological polar surface area (TPSA) is 209 Å². The second-order valence-electron chi connectivity index (χ2n) is 14.6. The first-order valence-electron chi connectivity index (χ1n) is 20.2. The lowest BCUT2D eigenvalue weighted by Crippen LogP contribution is -2.58. The monoisotopic (exact) mass is 837 g/mol. The summed E-state index contributed by atoms with van der Waals surface area (Å²) in [6, 6.07) is 25.2. The third kappa shape index (κ3) is 14.0. The molecule has 1 aliphatic heterocycles. The number of hydrogen-bond acceptors (Lipinski definition) is 13. The summed E-state index contributed by atoms with van der Waals surface area (Å²) in [5.74, 6) is -2.65. The second-order valence-corrected chi connectivity index (χ2v) is 14.6. The van der Waals surface area contributed by atoms with Gasteiger partial charge in [0.1, 0.15) is 35.4 Å². The van der Waals surface area contributed by atoms with E-state index < -0.39 is 66.0 Å². The van der Waals surface area contributed by atoms with Crippen molar-refractivity contribution < 1.29 is 67.3 Å². The molecule has 1 aliphatic rings. The zero-order valence-electron chi connectivity index (χ0n) is 34.8. The number of ether oxygens (including phenoxy) is 8. The minimum Gasteiger partial charge on any atom is -0.497 e. The van der Waals surface area contributed by atoms with Gasteiger partial charge in [-0.25, -0.2) is 0 Å². The Labute approximate surface area is 351 Å². The number of carboxylic acid groups (broad SMARTS) is 1. The number of benzene rings is 3. The molecular weight excluding hydrogens is 778 g/mol. The predicted molar refractivity (Wildman–Crippen MR) is 218 cm³/mol. The summed E-state index contributed by atoms with van der Waals surface area (Å²) in [6.45, 7) is 3.09. The third-order valence-electron chi connectivity index (χ3n) is 10.1. The summed E-state index contributed by atoms with van der Waals surface area (Å²) in [4.78, 5) is 47.4. The molecule has 0 bridgehead atoms. The molecule has 0 radical (unpaired) electrons. The van der Waals surface area contributed by atoms with Crippen LogP contribution in [-0.4, -0.2) is 105 Å². The summed E-state index contributed by atoms with van der Waals surface area (Å²) in [5, 5.41) is 20.3. The van der Waals surface area contributed by atoms with Crippen LogP contribution in [0.3, 0.4) is 0 Å². The van der Waals surface area contributed by atoms with Crippen molar-refractivity contribution in [3.8, 4) is 11.5 Å². The fourth-order valence-corrected chi connectivity index (χ4v) is 7.35. The number of rotatable bonds is 26. The Balaban J connectivity index is 1.27. The van der Waals surface area contributed by atoms with Gasteiger partial charge in [0.25, 0.3) is 0 Å². The fraction of sp³-hybridized carbons (Fsp3) is 0.511. The van der Waals surface area contributed by atoms with Crippen molar-refractivity contribution in [2.24, 2.45) is 11.7 Å². The molecule has 3 aromatic rings. The van der Waals surface area contributed by atoms with E-state index in [-0.39, 0.29) is 39.1 Å². The summed E-state index contributed by atoms with van der Waals surface area (Å²) in [5.41, 5.74) is 7.05. The second kappa shape index (κ2) is 24.3. The van der Waals surface area contributed by atoms with E-state index in [1.807, 2.05) is 78.9 Å². The molecule has 4 rings (SSSR count). The molecule has 15 heteroatoms. The molecule has 0 spiro atoms. The lowest BCUT2D eigenvalue weighted by Gasteiger charge is -2.45. The first kappa shape index (κ1) is 47.6. The zero-order chi connectivity index (χ0) is 43.5. The average Bonchev–Trinajstić information content (AvgIpc) is 3.23. The predicted octanol–water partition coefficient (Wildman–Crippen LogP) is 5.30. The Hall–Kier alpha value is -5.06. The van der Waals surface area contributed by atoms with E-state index in [2.05, 4.69) is 0 Å². The van der Waals surface area contributed by atoms with Gasteiger partial charge in [0.2, 0.25) is 5.91 Å². The highest BCUT2D eigenvalue weighted by molar-refractivity contribution is 5.74. The molecule has 0 aromatic heterocycles. The molecular formula is C45H59NO14. The number of methoxy groups -OCH3 is 2. The number of carbonyl (C=O) groups excluding carboxylic acids is 3. The first-order chi connectivity index (χ1) is 28.9. The van der Waals surface area contributed by atoms with Crippen molar-refractivity contribution in [2.45, 2.75) is 102 Å². The van der Waals surface area contributed by atoms with Gasteiger partial charge in [-0.1, -0.05) is 73.9 Å². The van der Waals surface area contributed by atoms with Crippen LogP contribution in [0.15, 0.2) is 78.9 Å². The van der Waals surface area contributed by atoms with E-state index in [0.29, 0.717) is 24.5 Å². The van der Waals surface area contributed by atoms with Crippen LogP contribution < -0.4 is 15.2 Å². The minimum atomic E-state index is -1.16. The number of aliphatic hydroxyl groups is 1. The molecule has 0 saturated carbocycles. The van der Waals surface area contributed by atoms with Crippen LogP contribution in [0, 0.1) is 5.92 Å². The maximum absolute atomic E-state index is 12.1. The fourth-order valence-electron chi connectivity index (χ4n) is 7.35. The minimum absolute atomic E-state index is 0.00963. The number of amides is 1. The van der Waals surface area contributed by atoms with Crippen molar-refractivity contribution in [1.29, 1.82) is 0 Å². The molecule has 1 heterocycles. The Morgan fingerprint density at radius 3 is 1.80 bits per heavy atom. The zero-order valence-corrected chi connectivity index (χ0v) is 34.8. The van der Waals surface area contributed by atoms with Crippen LogP contribution in [0.2, 0.25) is 0 Å². The van der Waals surface area contributed by atoms with E-state index in [4.69, 9.17) is 43.6 Å². The summed E-state index contributed by atoms with van der Waals surface area (Å²) in [7, 11) is 3.23. The SMILES string of the molecule is COc1ccc(C(OC[C@H](O)COCCCCCCCO[C@@H]2O[C@H](CCC(=O)O)[C@@H](OC(C)=O)[C@H](OC(C)=O)[C@H]2CC(N)=O)(c2ccccc2)c2ccc(OC)cc2)cc1. The van der Waals surface area contributed by atoms with E-state index in [1.54, 1.807) is 14.2 Å². The summed E-state index contributed by atoms with van der Waals surface area (Å²) >= 11 is 0. The summed E-state index contributed by atoms with van der Waals surface area (Å²) in [6.07, 6.45) is -1.97. The maximum atomic E-state index is 12.1. The number of unbranched alkanes of at least 4 members (excludes halogenated alkanes) is 4. The molecule has 1 amide bonds. The lowest BCUT2D eigenvalue weighted by atomic mass is 9.80. The average molecular weight is 838 g/mol. The normalized spacial score (nSPS) is 19.5. The van der Waals surface area contributed by atoms with Gasteiger partial charge in [0.15, 0.2) is 12.4 Å². The van der Waals surface area contributed by atoms with Crippen molar-refractivity contribution in [2.75, 3.05) is 40.6 Å². The number of nitrogens with two attached hydrogens (primary N) is 1. The molecule has 1 saturated heterocycles. The first-order valence-corrected chi connectivity index (χ1v) is 20.2. The van der Waals surface area contributed by atoms with Crippen LogP contribution in [0.25, 0.3) is 0 Å². The van der Waals surface area contributed by atoms with Gasteiger partial charge in [0.05, 0.1) is 33.4 Å². The standard InChI is InChI=1S/C45H59NO14/c1-30(47)58-42-38(27-40(46)50)44(60-39(23-24-41(51)52)43(42)59-31(2)48)56-26-12-7-5-6-11-25-55-28-35(49)29-57-45(32-13-9-8-10-14-32,33-15-19-36(53-3)20-16-33)34-17-21-37(54-4)22-18-34/h8-10,13-22,35,38-39,42-44,49H,5-7,11-12,23-29H2,1-4H3,(H2,46,50)(H,51,52)/t35-,38-,39-,42-,43-,44-/m1/s1. The van der Waals surface area contributed by atoms with Gasteiger partial charge in [-0.05, 0) is 60.2 Å². The van der Waals surface area contributed by atoms with E-state index in [1.165, 1.54) is 13.8 Å². The molecule has 1 fully saturated rings. The quantitative estimate of drug-likeness (QED) is 0.0533. The Morgan fingerprint density at radius 2 is 1.27 bits per heavy atom. The number of hydrogen-bond donors (Lipinski definition) is 3. The number of carbonyl (C=O) groups is 4. The van der Waals surface area contributed by atoms with Crippen LogP contribution in [0.4, 0.5) is 0 Å². The Bertz CT molecular complexity index is 1720. The van der Waals surface area contributed by atoms with Crippen LogP contribution in [-0.2, 0) is 53.2 Å². The molecule has 3 aromatic carbocycles. The number of aliphatic carboxylic acids is 1. The molecule has 15 nitrogen and oxygen atoms in total. The maximum Gasteiger partial charge on any atom is 0.303 e. The Kier molecular flexibility index (Phi) is 19.3. The number of primary amides is 1. The number of aliphatic hydroxyl groups excluding tert-OH is 1. The van der Waals surface area contributed by atoms with E-state index in [0.717, 1.165) is 42.4 Å². The van der Waals surface area contributed by atoms with Gasteiger partial charge in [-0.15, -0.1) is 0 Å². The van der Waals surface area contributed by atoms with Gasteiger partial charge in [-0.3, -0.25) is 19.2 Å². The third-order valence-corrected chi connectivity index (χ3v) is 10.1. The molecule has 0 aliphatic carbocycles. The molecule has 0 unspecified atom stereocenters. The number of carboxylic acids is 1. The Morgan fingerprint density at radius 1 is 0.733 bits per heavy atom. The van der Waals surface area contributed by atoms with Crippen LogP contribution in [0.1, 0.15) is 81.9 Å². The largest absolute Gasteiger partial charge is 0.497 e. The van der Waals surface area contributed by atoms with Crippen molar-refractivity contribution in [3.63, 3.8) is 0 Å². The van der Waals surface area contributed by atoms with Crippen LogP contribution in [0.5, 0.6) is 11.5 Å². The highest BCUT2D eigenvalue weighted by Crippen LogP contribution is 2.42. The van der Waals surface area contributed by atoms with Crippen LogP contribution >= 0.6 is 0 Å². The van der Waals surface area contributed by atoms with Gasteiger partial charge >= 0.3 is 17.9 Å².